The standard InChI is InChI=1S/C19H18N2O2S/c1-12-7-6-10-15(13(12)2)20-19-21-18(14-8-4-3-5-9-14)16(24-19)11-17(22)23/h3-10H,11H2,1-2H3,(H,20,21)(H,22,23)/p-1. The lowest BCUT2D eigenvalue weighted by Crippen LogP contribution is -2.24. The van der Waals surface area contributed by atoms with Crippen molar-refractivity contribution in [3.05, 3.63) is 64.5 Å². The molecule has 0 fully saturated rings. The van der Waals surface area contributed by atoms with E-state index < -0.39 is 5.97 Å². The Morgan fingerprint density at radius 3 is 2.58 bits per heavy atom. The van der Waals surface area contributed by atoms with Crippen LogP contribution in [0.5, 0.6) is 0 Å². The van der Waals surface area contributed by atoms with Crippen LogP contribution in [0.2, 0.25) is 0 Å². The molecule has 0 aliphatic heterocycles. The third kappa shape index (κ3) is 3.46. The molecule has 0 radical (unpaired) electrons. The van der Waals surface area contributed by atoms with Gasteiger partial charge in [0.05, 0.1) is 5.69 Å². The summed E-state index contributed by atoms with van der Waals surface area (Å²) < 4.78 is 0. The highest BCUT2D eigenvalue weighted by atomic mass is 32.1. The van der Waals surface area contributed by atoms with E-state index in [2.05, 4.69) is 23.3 Å². The first kappa shape index (κ1) is 16.2. The second-order valence-electron chi connectivity index (χ2n) is 5.58. The molecule has 2 aromatic carbocycles. The van der Waals surface area contributed by atoms with Crippen molar-refractivity contribution in [2.24, 2.45) is 0 Å². The molecule has 0 unspecified atom stereocenters. The van der Waals surface area contributed by atoms with Gasteiger partial charge in [0.15, 0.2) is 5.13 Å². The van der Waals surface area contributed by atoms with Crippen molar-refractivity contribution in [2.45, 2.75) is 20.3 Å². The molecule has 0 aliphatic rings. The number of hydrogen-bond donors (Lipinski definition) is 1. The Morgan fingerprint density at radius 2 is 1.88 bits per heavy atom. The van der Waals surface area contributed by atoms with E-state index in [4.69, 9.17) is 0 Å². The maximum absolute atomic E-state index is 11.1. The van der Waals surface area contributed by atoms with Crippen molar-refractivity contribution < 1.29 is 9.90 Å². The topological polar surface area (TPSA) is 65.0 Å². The van der Waals surface area contributed by atoms with Crippen LogP contribution in [0.15, 0.2) is 48.5 Å². The average Bonchev–Trinajstić information content (AvgIpc) is 2.94. The highest BCUT2D eigenvalue weighted by Gasteiger charge is 2.14. The summed E-state index contributed by atoms with van der Waals surface area (Å²) in [6.45, 7) is 4.10. The van der Waals surface area contributed by atoms with Gasteiger partial charge in [0.25, 0.3) is 0 Å². The van der Waals surface area contributed by atoms with Gasteiger partial charge in [-0.2, -0.15) is 0 Å². The molecule has 24 heavy (non-hydrogen) atoms. The molecular formula is C19H17N2O2S-. The minimum absolute atomic E-state index is 0.142. The van der Waals surface area contributed by atoms with Gasteiger partial charge >= 0.3 is 0 Å². The van der Waals surface area contributed by atoms with Crippen molar-refractivity contribution in [1.29, 1.82) is 0 Å². The molecular weight excluding hydrogens is 320 g/mol. The van der Waals surface area contributed by atoms with Crippen molar-refractivity contribution in [3.8, 4) is 11.3 Å². The number of nitrogens with zero attached hydrogens (tertiary/aromatic N) is 1. The van der Waals surface area contributed by atoms with E-state index in [9.17, 15) is 9.90 Å². The summed E-state index contributed by atoms with van der Waals surface area (Å²) in [6, 6.07) is 15.6. The van der Waals surface area contributed by atoms with E-state index in [1.165, 1.54) is 16.9 Å². The Bertz CT molecular complexity index is 872. The fourth-order valence-electron chi connectivity index (χ4n) is 2.48. The molecule has 5 heteroatoms. The summed E-state index contributed by atoms with van der Waals surface area (Å²) in [4.78, 5) is 16.4. The van der Waals surface area contributed by atoms with Gasteiger partial charge in [0.1, 0.15) is 0 Å². The second kappa shape index (κ2) is 6.84. The Kier molecular flexibility index (Phi) is 4.62. The largest absolute Gasteiger partial charge is 0.550 e. The molecule has 0 saturated heterocycles. The molecule has 0 amide bonds. The Labute approximate surface area is 144 Å². The fraction of sp³-hybridized carbons (Fsp3) is 0.158. The summed E-state index contributed by atoms with van der Waals surface area (Å²) in [5.74, 6) is -1.10. The number of nitrogens with one attached hydrogen (secondary N) is 1. The van der Waals surface area contributed by atoms with Crippen LogP contribution in [-0.4, -0.2) is 11.0 Å². The molecule has 0 spiro atoms. The molecule has 4 nitrogen and oxygen atoms in total. The number of aliphatic carboxylic acids is 1. The number of carboxylic acids is 1. The predicted molar refractivity (Wildman–Crippen MR) is 95.5 cm³/mol. The molecule has 122 valence electrons. The molecule has 1 heterocycles. The average molecular weight is 337 g/mol. The zero-order valence-electron chi connectivity index (χ0n) is 13.5. The van der Waals surface area contributed by atoms with Gasteiger partial charge in [-0.15, -0.1) is 11.3 Å². The van der Waals surface area contributed by atoms with Gasteiger partial charge in [0, 0.05) is 28.5 Å². The maximum Gasteiger partial charge on any atom is 0.188 e. The third-order valence-electron chi connectivity index (χ3n) is 3.90. The zero-order chi connectivity index (χ0) is 17.1. The van der Waals surface area contributed by atoms with Crippen LogP contribution in [0.25, 0.3) is 11.3 Å². The van der Waals surface area contributed by atoms with Gasteiger partial charge < -0.3 is 15.2 Å². The number of carboxylic acid groups (broad SMARTS) is 1. The predicted octanol–water partition coefficient (Wildman–Crippen LogP) is 3.46. The third-order valence-corrected chi connectivity index (χ3v) is 4.87. The smallest absolute Gasteiger partial charge is 0.188 e. The molecule has 3 rings (SSSR count). The van der Waals surface area contributed by atoms with E-state index >= 15 is 0 Å². The molecule has 1 N–H and O–H groups in total. The van der Waals surface area contributed by atoms with Crippen molar-refractivity contribution in [3.63, 3.8) is 0 Å². The minimum Gasteiger partial charge on any atom is -0.550 e. The van der Waals surface area contributed by atoms with Gasteiger partial charge in [-0.25, -0.2) is 4.98 Å². The van der Waals surface area contributed by atoms with Crippen molar-refractivity contribution in [1.82, 2.24) is 4.98 Å². The first-order valence-corrected chi connectivity index (χ1v) is 8.44. The molecule has 0 bridgehead atoms. The lowest BCUT2D eigenvalue weighted by atomic mass is 10.1. The number of carbonyl (C=O) groups excluding carboxylic acids is 1. The van der Waals surface area contributed by atoms with E-state index in [1.54, 1.807) is 0 Å². The lowest BCUT2D eigenvalue weighted by Gasteiger charge is -2.08. The molecule has 3 aromatic rings. The highest BCUT2D eigenvalue weighted by molar-refractivity contribution is 7.16. The summed E-state index contributed by atoms with van der Waals surface area (Å²) >= 11 is 1.35. The number of rotatable bonds is 5. The first-order valence-electron chi connectivity index (χ1n) is 7.63. The van der Waals surface area contributed by atoms with Gasteiger partial charge in [-0.05, 0) is 31.0 Å². The number of aromatic nitrogens is 1. The number of carbonyl (C=O) groups is 1. The van der Waals surface area contributed by atoms with Crippen LogP contribution in [-0.2, 0) is 11.2 Å². The summed E-state index contributed by atoms with van der Waals surface area (Å²) in [7, 11) is 0. The number of aryl methyl sites for hydroxylation is 1. The van der Waals surface area contributed by atoms with Crippen molar-refractivity contribution >= 4 is 28.1 Å². The van der Waals surface area contributed by atoms with E-state index in [-0.39, 0.29) is 6.42 Å². The van der Waals surface area contributed by atoms with Gasteiger partial charge in [0.2, 0.25) is 0 Å². The van der Waals surface area contributed by atoms with E-state index in [0.717, 1.165) is 16.8 Å². The Morgan fingerprint density at radius 1 is 1.12 bits per heavy atom. The minimum atomic E-state index is -1.10. The summed E-state index contributed by atoms with van der Waals surface area (Å²) in [5, 5.41) is 15.1. The zero-order valence-corrected chi connectivity index (χ0v) is 14.3. The van der Waals surface area contributed by atoms with Crippen LogP contribution in [0.3, 0.4) is 0 Å². The van der Waals surface area contributed by atoms with Crippen LogP contribution in [0.1, 0.15) is 16.0 Å². The molecule has 0 saturated carbocycles. The molecule has 0 atom stereocenters. The number of thiazole rings is 1. The Hall–Kier alpha value is -2.66. The summed E-state index contributed by atoms with van der Waals surface area (Å²) in [6.07, 6.45) is -0.142. The van der Waals surface area contributed by atoms with Crippen LogP contribution in [0.4, 0.5) is 10.8 Å². The van der Waals surface area contributed by atoms with E-state index in [1.807, 2.05) is 49.4 Å². The van der Waals surface area contributed by atoms with Crippen LogP contribution >= 0.6 is 11.3 Å². The lowest BCUT2D eigenvalue weighted by molar-refractivity contribution is -0.304. The SMILES string of the molecule is Cc1cccc(Nc2nc(-c3ccccc3)c(CC(=O)[O-])s2)c1C. The second-order valence-corrected chi connectivity index (χ2v) is 6.66. The van der Waals surface area contributed by atoms with Gasteiger partial charge in [-0.3, -0.25) is 0 Å². The monoisotopic (exact) mass is 337 g/mol. The van der Waals surface area contributed by atoms with Crippen LogP contribution < -0.4 is 10.4 Å². The highest BCUT2D eigenvalue weighted by Crippen LogP contribution is 2.33. The normalized spacial score (nSPS) is 10.6. The van der Waals surface area contributed by atoms with Gasteiger partial charge in [-0.1, -0.05) is 42.5 Å². The maximum atomic E-state index is 11.1. The Balaban J connectivity index is 1.99. The van der Waals surface area contributed by atoms with Crippen LogP contribution in [0, 0.1) is 13.8 Å². The molecule has 1 aromatic heterocycles. The number of benzene rings is 2. The number of anilines is 2. The fourth-order valence-corrected chi connectivity index (χ4v) is 3.46. The summed E-state index contributed by atoms with van der Waals surface area (Å²) in [5.41, 5.74) is 4.91. The van der Waals surface area contributed by atoms with E-state index in [0.29, 0.717) is 15.7 Å². The number of hydrogen-bond acceptors (Lipinski definition) is 5. The van der Waals surface area contributed by atoms with Crippen molar-refractivity contribution in [2.75, 3.05) is 5.32 Å². The quantitative estimate of drug-likeness (QED) is 0.774. The first-order chi connectivity index (χ1) is 11.5. The molecule has 0 aliphatic carbocycles.